The molecular formula is C12H14N4O3. The second kappa shape index (κ2) is 5.57. The number of hydrogen-bond donors (Lipinski definition) is 1. The van der Waals surface area contributed by atoms with Crippen LogP contribution < -0.4 is 0 Å². The molecule has 19 heavy (non-hydrogen) atoms. The van der Waals surface area contributed by atoms with E-state index in [-0.39, 0.29) is 11.7 Å². The molecule has 0 aliphatic heterocycles. The number of methoxy groups -OCH3 is 1. The van der Waals surface area contributed by atoms with Gasteiger partial charge in [-0.2, -0.15) is 0 Å². The van der Waals surface area contributed by atoms with Gasteiger partial charge in [-0.05, 0) is 19.1 Å². The van der Waals surface area contributed by atoms with Crippen molar-refractivity contribution in [3.8, 4) is 11.3 Å². The van der Waals surface area contributed by atoms with Crippen LogP contribution in [-0.2, 0) is 4.74 Å². The van der Waals surface area contributed by atoms with Gasteiger partial charge < -0.3 is 9.84 Å². The molecular weight excluding hydrogens is 248 g/mol. The summed E-state index contributed by atoms with van der Waals surface area (Å²) in [5.41, 5.74) is 1.09. The molecule has 0 aliphatic carbocycles. The van der Waals surface area contributed by atoms with Gasteiger partial charge in [0.2, 0.25) is 0 Å². The van der Waals surface area contributed by atoms with E-state index in [1.807, 2.05) is 6.92 Å². The third-order valence-electron chi connectivity index (χ3n) is 2.68. The number of carbonyl (C=O) groups is 1. The maximum atomic E-state index is 11.2. The fourth-order valence-corrected chi connectivity index (χ4v) is 1.84. The van der Waals surface area contributed by atoms with Crippen molar-refractivity contribution in [2.24, 2.45) is 0 Å². The molecule has 100 valence electrons. The van der Waals surface area contributed by atoms with Crippen LogP contribution in [0.5, 0.6) is 0 Å². The number of ether oxygens (including phenoxy) is 1. The van der Waals surface area contributed by atoms with Crippen molar-refractivity contribution < 1.29 is 14.6 Å². The first-order chi connectivity index (χ1) is 9.15. The van der Waals surface area contributed by atoms with Crippen LogP contribution in [0.1, 0.15) is 23.5 Å². The highest BCUT2D eigenvalue weighted by molar-refractivity contribution is 5.92. The average molecular weight is 262 g/mol. The summed E-state index contributed by atoms with van der Waals surface area (Å²) < 4.78 is 6.63. The Morgan fingerprint density at radius 3 is 2.74 bits per heavy atom. The van der Waals surface area contributed by atoms with Crippen LogP contribution in [0.3, 0.4) is 0 Å². The van der Waals surface area contributed by atoms with Gasteiger partial charge in [0.1, 0.15) is 5.69 Å². The molecule has 0 amide bonds. The molecule has 0 bridgehead atoms. The van der Waals surface area contributed by atoms with E-state index in [0.29, 0.717) is 17.9 Å². The predicted molar refractivity (Wildman–Crippen MR) is 66.8 cm³/mol. The summed E-state index contributed by atoms with van der Waals surface area (Å²) >= 11 is 0. The summed E-state index contributed by atoms with van der Waals surface area (Å²) in [6.07, 6.45) is 3.19. The van der Waals surface area contributed by atoms with Crippen molar-refractivity contribution in [2.45, 2.75) is 13.0 Å². The topological polar surface area (TPSA) is 90.1 Å². The van der Waals surface area contributed by atoms with E-state index in [1.54, 1.807) is 36.3 Å². The number of aromatic nitrogens is 4. The van der Waals surface area contributed by atoms with E-state index in [9.17, 15) is 9.90 Å². The third kappa shape index (κ3) is 2.60. The Balaban J connectivity index is 2.54. The van der Waals surface area contributed by atoms with Crippen LogP contribution >= 0.6 is 0 Å². The molecule has 0 aliphatic rings. The van der Waals surface area contributed by atoms with Gasteiger partial charge in [-0.1, -0.05) is 5.21 Å². The Bertz CT molecular complexity index is 568. The molecule has 1 atom stereocenters. The van der Waals surface area contributed by atoms with Crippen LogP contribution in [0.2, 0.25) is 0 Å². The minimum absolute atomic E-state index is 0.0749. The second-order valence-electron chi connectivity index (χ2n) is 4.08. The van der Waals surface area contributed by atoms with Crippen molar-refractivity contribution in [1.29, 1.82) is 0 Å². The zero-order valence-corrected chi connectivity index (χ0v) is 10.6. The molecule has 7 heteroatoms. The Morgan fingerprint density at radius 2 is 2.16 bits per heavy atom. The summed E-state index contributed by atoms with van der Waals surface area (Å²) in [6.45, 7) is 2.30. The van der Waals surface area contributed by atoms with Gasteiger partial charge in [0, 0.05) is 25.1 Å². The number of nitrogens with zero attached hydrogens (tertiary/aromatic N) is 4. The van der Waals surface area contributed by atoms with E-state index in [2.05, 4.69) is 15.3 Å². The van der Waals surface area contributed by atoms with Gasteiger partial charge in [0.15, 0.2) is 5.69 Å². The highest BCUT2D eigenvalue weighted by atomic mass is 16.5. The van der Waals surface area contributed by atoms with E-state index in [4.69, 9.17) is 4.74 Å². The van der Waals surface area contributed by atoms with Gasteiger partial charge in [0.05, 0.1) is 12.6 Å². The molecule has 1 unspecified atom stereocenters. The van der Waals surface area contributed by atoms with Gasteiger partial charge in [-0.3, -0.25) is 4.98 Å². The largest absolute Gasteiger partial charge is 0.476 e. The van der Waals surface area contributed by atoms with Crippen LogP contribution in [0.15, 0.2) is 24.5 Å². The van der Waals surface area contributed by atoms with Gasteiger partial charge >= 0.3 is 5.97 Å². The van der Waals surface area contributed by atoms with E-state index in [0.717, 1.165) is 0 Å². The second-order valence-corrected chi connectivity index (χ2v) is 4.08. The SMILES string of the molecule is COCC(C)n1nnc(C(=O)O)c1-c1ccncc1. The van der Waals surface area contributed by atoms with Gasteiger partial charge in [-0.25, -0.2) is 9.48 Å². The molecule has 2 heterocycles. The number of carboxylic acid groups (broad SMARTS) is 1. The minimum Gasteiger partial charge on any atom is -0.476 e. The Labute approximate surface area is 109 Å². The molecule has 7 nitrogen and oxygen atoms in total. The lowest BCUT2D eigenvalue weighted by molar-refractivity contribution is 0.0691. The smallest absolute Gasteiger partial charge is 0.358 e. The molecule has 2 rings (SSSR count). The van der Waals surface area contributed by atoms with Gasteiger partial charge in [0.25, 0.3) is 0 Å². The molecule has 0 saturated heterocycles. The van der Waals surface area contributed by atoms with Gasteiger partial charge in [-0.15, -0.1) is 5.10 Å². The summed E-state index contributed by atoms with van der Waals surface area (Å²) in [5, 5.41) is 16.8. The van der Waals surface area contributed by atoms with Crippen molar-refractivity contribution >= 4 is 5.97 Å². The highest BCUT2D eigenvalue weighted by Crippen LogP contribution is 2.24. The zero-order chi connectivity index (χ0) is 13.8. The van der Waals surface area contributed by atoms with E-state index < -0.39 is 5.97 Å². The zero-order valence-electron chi connectivity index (χ0n) is 10.6. The summed E-state index contributed by atoms with van der Waals surface area (Å²) in [7, 11) is 1.58. The Kier molecular flexibility index (Phi) is 3.86. The monoisotopic (exact) mass is 262 g/mol. The fraction of sp³-hybridized carbons (Fsp3) is 0.333. The van der Waals surface area contributed by atoms with Crippen LogP contribution in [0, 0.1) is 0 Å². The summed E-state index contributed by atoms with van der Waals surface area (Å²) in [5.74, 6) is -1.11. The lowest BCUT2D eigenvalue weighted by atomic mass is 10.1. The number of pyridine rings is 1. The molecule has 2 aromatic rings. The Hall–Kier alpha value is -2.28. The van der Waals surface area contributed by atoms with Crippen LogP contribution in [0.25, 0.3) is 11.3 Å². The summed E-state index contributed by atoms with van der Waals surface area (Å²) in [4.78, 5) is 15.1. The third-order valence-corrected chi connectivity index (χ3v) is 2.68. The molecule has 0 aromatic carbocycles. The van der Waals surface area contributed by atoms with Crippen LogP contribution in [0.4, 0.5) is 0 Å². The molecule has 0 fully saturated rings. The predicted octanol–water partition coefficient (Wildman–Crippen LogP) is 1.25. The molecule has 2 aromatic heterocycles. The number of rotatable bonds is 5. The highest BCUT2D eigenvalue weighted by Gasteiger charge is 2.23. The molecule has 0 saturated carbocycles. The maximum Gasteiger partial charge on any atom is 0.358 e. The summed E-state index contributed by atoms with van der Waals surface area (Å²) in [6, 6.07) is 3.33. The fourth-order valence-electron chi connectivity index (χ4n) is 1.84. The van der Waals surface area contributed by atoms with Crippen molar-refractivity contribution in [3.05, 3.63) is 30.2 Å². The number of carboxylic acids is 1. The quantitative estimate of drug-likeness (QED) is 0.872. The first kappa shape index (κ1) is 13.2. The lowest BCUT2D eigenvalue weighted by Crippen LogP contribution is -2.14. The van der Waals surface area contributed by atoms with E-state index in [1.165, 1.54) is 0 Å². The number of aromatic carboxylic acids is 1. The van der Waals surface area contributed by atoms with Crippen LogP contribution in [-0.4, -0.2) is 44.8 Å². The number of hydrogen-bond acceptors (Lipinski definition) is 5. The normalized spacial score (nSPS) is 12.3. The Morgan fingerprint density at radius 1 is 1.47 bits per heavy atom. The standard InChI is InChI=1S/C12H14N4O3/c1-8(7-19-2)16-11(9-3-5-13-6-4-9)10(12(17)18)14-15-16/h3-6,8H,7H2,1-2H3,(H,17,18). The maximum absolute atomic E-state index is 11.2. The lowest BCUT2D eigenvalue weighted by Gasteiger charge is -2.13. The minimum atomic E-state index is -1.11. The van der Waals surface area contributed by atoms with Crippen molar-refractivity contribution in [1.82, 2.24) is 20.0 Å². The average Bonchev–Trinajstić information content (AvgIpc) is 2.85. The van der Waals surface area contributed by atoms with Crippen molar-refractivity contribution in [2.75, 3.05) is 13.7 Å². The molecule has 0 radical (unpaired) electrons. The van der Waals surface area contributed by atoms with E-state index >= 15 is 0 Å². The first-order valence-electron chi connectivity index (χ1n) is 5.73. The molecule has 0 spiro atoms. The molecule has 1 N–H and O–H groups in total. The first-order valence-corrected chi connectivity index (χ1v) is 5.73. The van der Waals surface area contributed by atoms with Crippen molar-refractivity contribution in [3.63, 3.8) is 0 Å².